The van der Waals surface area contributed by atoms with Gasteiger partial charge >= 0.3 is 0 Å². The van der Waals surface area contributed by atoms with Crippen molar-refractivity contribution in [3.05, 3.63) is 71.0 Å². The van der Waals surface area contributed by atoms with E-state index in [1.807, 2.05) is 46.3 Å². The number of halogens is 1. The first-order valence-corrected chi connectivity index (χ1v) is 13.9. The van der Waals surface area contributed by atoms with Gasteiger partial charge in [0.1, 0.15) is 0 Å². The van der Waals surface area contributed by atoms with E-state index >= 15 is 0 Å². The fraction of sp³-hybridized carbons (Fsp3) is 0.433. The van der Waals surface area contributed by atoms with Crippen LogP contribution in [0.25, 0.3) is 10.8 Å². The number of carbonyl (C=O) groups excluding carboxylic acids is 2. The number of anilines is 1. The number of carbonyl (C=O) groups is 2. The highest BCUT2D eigenvalue weighted by atomic mass is 35.5. The minimum absolute atomic E-state index is 0.00607. The lowest BCUT2D eigenvalue weighted by molar-refractivity contribution is -0.123. The summed E-state index contributed by atoms with van der Waals surface area (Å²) in [5.41, 5.74) is 1.24. The van der Waals surface area contributed by atoms with Gasteiger partial charge in [-0.05, 0) is 49.1 Å². The zero-order valence-electron chi connectivity index (χ0n) is 21.7. The molecule has 0 radical (unpaired) electrons. The number of ether oxygens (including phenoxy) is 1. The van der Waals surface area contributed by atoms with Gasteiger partial charge in [-0.25, -0.2) is 0 Å². The van der Waals surface area contributed by atoms with Gasteiger partial charge in [-0.3, -0.25) is 14.6 Å². The first-order chi connectivity index (χ1) is 18.5. The first-order valence-electron chi connectivity index (χ1n) is 13.6. The number of amides is 2. The number of pyridine rings is 1. The Morgan fingerprint density at radius 1 is 1.13 bits per heavy atom. The van der Waals surface area contributed by atoms with Crippen LogP contribution in [0.4, 0.5) is 5.69 Å². The number of benzene rings is 2. The molecule has 0 aliphatic carbocycles. The van der Waals surface area contributed by atoms with Crippen LogP contribution in [-0.4, -0.2) is 67.6 Å². The Morgan fingerprint density at radius 2 is 1.95 bits per heavy atom. The molecule has 3 aromatic rings. The van der Waals surface area contributed by atoms with Crippen LogP contribution in [0.15, 0.2) is 54.9 Å². The van der Waals surface area contributed by atoms with Gasteiger partial charge in [0.15, 0.2) is 0 Å². The third-order valence-electron chi connectivity index (χ3n) is 8.54. The van der Waals surface area contributed by atoms with Crippen molar-refractivity contribution < 1.29 is 14.3 Å². The second-order valence-corrected chi connectivity index (χ2v) is 11.1. The molecule has 7 nitrogen and oxygen atoms in total. The van der Waals surface area contributed by atoms with Crippen molar-refractivity contribution >= 4 is 39.9 Å². The zero-order chi connectivity index (χ0) is 26.3. The normalized spacial score (nSPS) is 24.0. The van der Waals surface area contributed by atoms with Crippen molar-refractivity contribution in [3.8, 4) is 0 Å². The van der Waals surface area contributed by atoms with E-state index < -0.39 is 5.41 Å². The molecule has 38 heavy (non-hydrogen) atoms. The summed E-state index contributed by atoms with van der Waals surface area (Å²) >= 11 is 6.52. The van der Waals surface area contributed by atoms with E-state index in [9.17, 15) is 9.59 Å². The SMILES string of the molecule is CCNC[C@@H]1CN(c2cncc3ccccc23)C(=O)[C@@]12CN(CC1CCOCC1)C(=O)c1ccc(Cl)cc12. The topological polar surface area (TPSA) is 74.8 Å². The molecule has 3 aliphatic rings. The predicted molar refractivity (Wildman–Crippen MR) is 149 cm³/mol. The summed E-state index contributed by atoms with van der Waals surface area (Å²) in [5, 5.41) is 6.02. The lowest BCUT2D eigenvalue weighted by Gasteiger charge is -2.44. The number of nitrogens with zero attached hydrogens (tertiary/aromatic N) is 3. The summed E-state index contributed by atoms with van der Waals surface area (Å²) in [6.45, 7) is 6.46. The molecular weight excluding hydrogens is 500 g/mol. The van der Waals surface area contributed by atoms with E-state index in [-0.39, 0.29) is 17.7 Å². The summed E-state index contributed by atoms with van der Waals surface area (Å²) in [4.78, 5) is 36.9. The van der Waals surface area contributed by atoms with Crippen molar-refractivity contribution in [1.29, 1.82) is 0 Å². The maximum atomic E-state index is 14.8. The van der Waals surface area contributed by atoms with Crippen LogP contribution in [0.5, 0.6) is 0 Å². The molecule has 3 aliphatic heterocycles. The van der Waals surface area contributed by atoms with Crippen molar-refractivity contribution in [2.75, 3.05) is 50.8 Å². The molecule has 0 bridgehead atoms. The number of aromatic nitrogens is 1. The molecule has 2 atom stereocenters. The van der Waals surface area contributed by atoms with Gasteiger partial charge in [0, 0.05) is 72.9 Å². The Kier molecular flexibility index (Phi) is 6.84. The molecule has 8 heteroatoms. The van der Waals surface area contributed by atoms with Crippen LogP contribution >= 0.6 is 11.6 Å². The number of fused-ring (bicyclic) bond motifs is 3. The molecule has 198 valence electrons. The quantitative estimate of drug-likeness (QED) is 0.513. The van der Waals surface area contributed by atoms with Crippen molar-refractivity contribution in [1.82, 2.24) is 15.2 Å². The van der Waals surface area contributed by atoms with Gasteiger partial charge in [0.25, 0.3) is 5.91 Å². The summed E-state index contributed by atoms with van der Waals surface area (Å²) in [6.07, 6.45) is 5.46. The van der Waals surface area contributed by atoms with Gasteiger partial charge in [-0.15, -0.1) is 0 Å². The smallest absolute Gasteiger partial charge is 0.254 e. The predicted octanol–water partition coefficient (Wildman–Crippen LogP) is 4.28. The zero-order valence-corrected chi connectivity index (χ0v) is 22.4. The summed E-state index contributed by atoms with van der Waals surface area (Å²) in [6, 6.07) is 13.4. The third kappa shape index (κ3) is 4.17. The number of hydrogen-bond donors (Lipinski definition) is 1. The van der Waals surface area contributed by atoms with Crippen LogP contribution < -0.4 is 10.2 Å². The monoisotopic (exact) mass is 532 g/mol. The Balaban J connectivity index is 1.48. The second kappa shape index (κ2) is 10.3. The molecule has 0 unspecified atom stereocenters. The Bertz CT molecular complexity index is 1370. The van der Waals surface area contributed by atoms with Crippen molar-refractivity contribution in [3.63, 3.8) is 0 Å². The fourth-order valence-electron chi connectivity index (χ4n) is 6.58. The first kappa shape index (κ1) is 25.3. The van der Waals surface area contributed by atoms with E-state index in [1.165, 1.54) is 0 Å². The van der Waals surface area contributed by atoms with Crippen LogP contribution in [0.1, 0.15) is 35.7 Å². The fourth-order valence-corrected chi connectivity index (χ4v) is 6.75. The Hall–Kier alpha value is -3.00. The van der Waals surface area contributed by atoms with Gasteiger partial charge in [0.05, 0.1) is 17.3 Å². The Morgan fingerprint density at radius 3 is 2.76 bits per heavy atom. The molecule has 1 N–H and O–H groups in total. The molecular formula is C30H33ClN4O3. The molecule has 1 spiro atoms. The van der Waals surface area contributed by atoms with Gasteiger partial charge in [-0.2, -0.15) is 0 Å². The molecule has 2 saturated heterocycles. The molecule has 2 amide bonds. The second-order valence-electron chi connectivity index (χ2n) is 10.7. The van der Waals surface area contributed by atoms with Crippen LogP contribution in [0, 0.1) is 11.8 Å². The standard InChI is InChI=1S/C30H33ClN4O3/c1-2-32-15-22-18-35(27-16-33-14-21-5-3-4-6-24(21)27)29(37)30(22)19-34(17-20-9-11-38-12-10-20)28(36)25-8-7-23(31)13-26(25)30/h3-8,13-14,16,20,22,32H,2,9-12,15,17-19H2,1H3/t22-,30+/m1/s1. The summed E-state index contributed by atoms with van der Waals surface area (Å²) in [5.74, 6) is 0.290. The average Bonchev–Trinajstić information content (AvgIpc) is 3.21. The van der Waals surface area contributed by atoms with Gasteiger partial charge < -0.3 is 19.9 Å². The van der Waals surface area contributed by atoms with Crippen molar-refractivity contribution in [2.24, 2.45) is 11.8 Å². The van der Waals surface area contributed by atoms with E-state index in [0.717, 1.165) is 41.4 Å². The molecule has 2 aromatic carbocycles. The molecule has 4 heterocycles. The number of rotatable bonds is 6. The average molecular weight is 533 g/mol. The highest BCUT2D eigenvalue weighted by Crippen LogP contribution is 2.48. The number of nitrogens with one attached hydrogen (secondary N) is 1. The highest BCUT2D eigenvalue weighted by molar-refractivity contribution is 6.31. The Labute approximate surface area is 228 Å². The van der Waals surface area contributed by atoms with E-state index in [4.69, 9.17) is 16.3 Å². The number of hydrogen-bond acceptors (Lipinski definition) is 5. The molecule has 2 fully saturated rings. The van der Waals surface area contributed by atoms with Gasteiger partial charge in [0.2, 0.25) is 5.91 Å². The minimum atomic E-state index is -0.904. The summed E-state index contributed by atoms with van der Waals surface area (Å²) < 4.78 is 5.56. The third-order valence-corrected chi connectivity index (χ3v) is 8.78. The van der Waals surface area contributed by atoms with Crippen LogP contribution in [-0.2, 0) is 14.9 Å². The van der Waals surface area contributed by atoms with E-state index in [2.05, 4.69) is 17.2 Å². The lowest BCUT2D eigenvalue weighted by atomic mass is 9.67. The minimum Gasteiger partial charge on any atom is -0.381 e. The van der Waals surface area contributed by atoms with E-state index in [0.29, 0.717) is 55.9 Å². The molecule has 6 rings (SSSR count). The maximum Gasteiger partial charge on any atom is 0.254 e. The lowest BCUT2D eigenvalue weighted by Crippen LogP contribution is -2.58. The van der Waals surface area contributed by atoms with Gasteiger partial charge in [-0.1, -0.05) is 42.8 Å². The van der Waals surface area contributed by atoms with Crippen LogP contribution in [0.2, 0.25) is 5.02 Å². The largest absolute Gasteiger partial charge is 0.381 e. The highest BCUT2D eigenvalue weighted by Gasteiger charge is 2.59. The summed E-state index contributed by atoms with van der Waals surface area (Å²) in [7, 11) is 0. The molecule has 0 saturated carbocycles. The van der Waals surface area contributed by atoms with E-state index in [1.54, 1.807) is 18.3 Å². The van der Waals surface area contributed by atoms with Crippen molar-refractivity contribution in [2.45, 2.75) is 25.2 Å². The van der Waals surface area contributed by atoms with Crippen LogP contribution in [0.3, 0.4) is 0 Å². The molecule has 1 aromatic heterocycles. The maximum absolute atomic E-state index is 14.8.